The number of hydrogen-bond acceptors (Lipinski definition) is 6. The Bertz CT molecular complexity index is 970. The van der Waals surface area contributed by atoms with E-state index in [0.717, 1.165) is 31.2 Å². The van der Waals surface area contributed by atoms with Crippen LogP contribution < -0.4 is 19.5 Å². The minimum Gasteiger partial charge on any atom is -0.482 e. The molecule has 0 radical (unpaired) electrons. The lowest BCUT2D eigenvalue weighted by molar-refractivity contribution is -0.149. The maximum Gasteiger partial charge on any atom is 0.344 e. The van der Waals surface area contributed by atoms with Crippen molar-refractivity contribution in [2.24, 2.45) is 0 Å². The Morgan fingerprint density at radius 1 is 1.07 bits per heavy atom. The summed E-state index contributed by atoms with van der Waals surface area (Å²) in [5, 5.41) is 3.30. The standard InChI is InChI=1S/C22H22ClNO6/c1-14-10-16(5-6-17(14)23)27-13-21(26)28-12-20(25)24-15-4-7-18-19(11-15)30-22(29-18)8-2-3-9-22/h4-7,10-11H,2-3,8-9,12-13H2,1H3,(H,24,25). The summed E-state index contributed by atoms with van der Waals surface area (Å²) >= 11 is 5.95. The van der Waals surface area contributed by atoms with Crippen molar-refractivity contribution in [1.82, 2.24) is 0 Å². The normalized spacial score (nSPS) is 15.8. The Hall–Kier alpha value is -2.93. The fourth-order valence-corrected chi connectivity index (χ4v) is 3.64. The van der Waals surface area contributed by atoms with E-state index in [9.17, 15) is 9.59 Å². The van der Waals surface area contributed by atoms with Crippen LogP contribution in [0.4, 0.5) is 5.69 Å². The number of esters is 1. The van der Waals surface area contributed by atoms with Crippen molar-refractivity contribution in [3.8, 4) is 17.2 Å². The predicted molar refractivity (Wildman–Crippen MR) is 110 cm³/mol. The highest BCUT2D eigenvalue weighted by Crippen LogP contribution is 2.47. The lowest BCUT2D eigenvalue weighted by atomic mass is 10.2. The quantitative estimate of drug-likeness (QED) is 0.688. The van der Waals surface area contributed by atoms with Crippen molar-refractivity contribution in [3.05, 3.63) is 47.0 Å². The number of ether oxygens (including phenoxy) is 4. The van der Waals surface area contributed by atoms with Crippen molar-refractivity contribution in [2.45, 2.75) is 38.4 Å². The first-order chi connectivity index (χ1) is 14.4. The summed E-state index contributed by atoms with van der Waals surface area (Å²) in [5.74, 6) is 0.128. The van der Waals surface area contributed by atoms with E-state index >= 15 is 0 Å². The Balaban J connectivity index is 1.23. The average molecular weight is 432 g/mol. The number of fused-ring (bicyclic) bond motifs is 1. The van der Waals surface area contributed by atoms with E-state index in [4.69, 9.17) is 30.5 Å². The van der Waals surface area contributed by atoms with Crippen molar-refractivity contribution in [2.75, 3.05) is 18.5 Å². The van der Waals surface area contributed by atoms with Gasteiger partial charge in [-0.3, -0.25) is 4.79 Å². The largest absolute Gasteiger partial charge is 0.482 e. The monoisotopic (exact) mass is 431 g/mol. The molecular formula is C22H22ClNO6. The number of halogens is 1. The second kappa shape index (κ2) is 8.44. The number of anilines is 1. The van der Waals surface area contributed by atoms with Crippen LogP contribution in [0.2, 0.25) is 5.02 Å². The number of hydrogen-bond donors (Lipinski definition) is 1. The summed E-state index contributed by atoms with van der Waals surface area (Å²) in [6.45, 7) is 1.11. The number of carbonyl (C=O) groups excluding carboxylic acids is 2. The summed E-state index contributed by atoms with van der Waals surface area (Å²) < 4.78 is 22.2. The van der Waals surface area contributed by atoms with Crippen LogP contribution in [0.3, 0.4) is 0 Å². The molecule has 2 aromatic rings. The first-order valence-electron chi connectivity index (χ1n) is 9.79. The third-order valence-corrected chi connectivity index (χ3v) is 5.46. The molecule has 30 heavy (non-hydrogen) atoms. The van der Waals surface area contributed by atoms with Crippen LogP contribution in [0, 0.1) is 6.92 Å². The fraction of sp³-hybridized carbons (Fsp3) is 0.364. The Kier molecular flexibility index (Phi) is 5.72. The van der Waals surface area contributed by atoms with Crippen LogP contribution in [0.1, 0.15) is 31.2 Å². The van der Waals surface area contributed by atoms with Gasteiger partial charge in [0.05, 0.1) is 0 Å². The molecule has 7 nitrogen and oxygen atoms in total. The molecule has 0 bridgehead atoms. The highest BCUT2D eigenvalue weighted by molar-refractivity contribution is 6.31. The van der Waals surface area contributed by atoms with Gasteiger partial charge < -0.3 is 24.3 Å². The summed E-state index contributed by atoms with van der Waals surface area (Å²) in [4.78, 5) is 23.9. The molecule has 0 unspecified atom stereocenters. The van der Waals surface area contributed by atoms with Gasteiger partial charge in [0, 0.05) is 29.6 Å². The second-order valence-electron chi connectivity index (χ2n) is 7.39. The molecule has 1 fully saturated rings. The zero-order chi connectivity index (χ0) is 21.1. The van der Waals surface area contributed by atoms with Gasteiger partial charge in [-0.1, -0.05) is 11.6 Å². The Morgan fingerprint density at radius 3 is 2.60 bits per heavy atom. The molecule has 1 heterocycles. The number of carbonyl (C=O) groups is 2. The van der Waals surface area contributed by atoms with Gasteiger partial charge in [-0.15, -0.1) is 0 Å². The maximum atomic E-state index is 12.1. The number of benzene rings is 2. The molecule has 1 aliphatic heterocycles. The summed E-state index contributed by atoms with van der Waals surface area (Å²) in [5.41, 5.74) is 1.38. The molecule has 0 aromatic heterocycles. The van der Waals surface area contributed by atoms with Gasteiger partial charge in [0.2, 0.25) is 0 Å². The molecule has 1 spiro atoms. The van der Waals surface area contributed by atoms with Crippen molar-refractivity contribution in [1.29, 1.82) is 0 Å². The molecule has 8 heteroatoms. The van der Waals surface area contributed by atoms with Crippen LogP contribution in [0.25, 0.3) is 0 Å². The third-order valence-electron chi connectivity index (χ3n) is 5.04. The highest BCUT2D eigenvalue weighted by atomic mass is 35.5. The SMILES string of the molecule is Cc1cc(OCC(=O)OCC(=O)Nc2ccc3c(c2)OC2(CCCC2)O3)ccc1Cl. The summed E-state index contributed by atoms with van der Waals surface area (Å²) in [7, 11) is 0. The zero-order valence-electron chi connectivity index (χ0n) is 16.5. The van der Waals surface area contributed by atoms with Crippen molar-refractivity contribution >= 4 is 29.2 Å². The average Bonchev–Trinajstić information content (AvgIpc) is 3.32. The van der Waals surface area contributed by atoms with Gasteiger partial charge in [0.15, 0.2) is 24.7 Å². The number of amides is 1. The first kappa shape index (κ1) is 20.3. The molecule has 1 aliphatic carbocycles. The van der Waals surface area contributed by atoms with Gasteiger partial charge in [-0.05, 0) is 55.7 Å². The lowest BCUT2D eigenvalue weighted by Gasteiger charge is -2.21. The molecule has 2 aliphatic rings. The van der Waals surface area contributed by atoms with Crippen molar-refractivity contribution in [3.63, 3.8) is 0 Å². The Morgan fingerprint density at radius 2 is 1.83 bits per heavy atom. The molecule has 1 amide bonds. The van der Waals surface area contributed by atoms with E-state index in [2.05, 4.69) is 5.32 Å². The minimum atomic E-state index is -0.647. The van der Waals surface area contributed by atoms with Gasteiger partial charge in [-0.2, -0.15) is 0 Å². The predicted octanol–water partition coefficient (Wildman–Crippen LogP) is 4.25. The molecule has 0 atom stereocenters. The fourth-order valence-electron chi connectivity index (χ4n) is 3.52. The highest BCUT2D eigenvalue weighted by Gasteiger charge is 2.44. The number of aryl methyl sites for hydroxylation is 1. The summed E-state index contributed by atoms with van der Waals surface area (Å²) in [6.07, 6.45) is 3.86. The first-order valence-corrected chi connectivity index (χ1v) is 10.2. The Labute approximate surface area is 179 Å². The van der Waals surface area contributed by atoms with Crippen molar-refractivity contribution < 1.29 is 28.5 Å². The smallest absolute Gasteiger partial charge is 0.344 e. The van der Waals surface area contributed by atoms with Crippen LogP contribution in [-0.2, 0) is 14.3 Å². The van der Waals surface area contributed by atoms with E-state index in [1.54, 1.807) is 36.4 Å². The van der Waals surface area contributed by atoms with Crippen LogP contribution in [-0.4, -0.2) is 30.9 Å². The van der Waals surface area contributed by atoms with Crippen LogP contribution in [0.15, 0.2) is 36.4 Å². The molecule has 1 saturated carbocycles. The minimum absolute atomic E-state index is 0.305. The number of rotatable bonds is 6. The van der Waals surface area contributed by atoms with E-state index in [1.165, 1.54) is 0 Å². The zero-order valence-corrected chi connectivity index (χ0v) is 17.3. The van der Waals surface area contributed by atoms with Crippen LogP contribution in [0.5, 0.6) is 17.2 Å². The van der Waals surface area contributed by atoms with Gasteiger partial charge >= 0.3 is 5.97 Å². The lowest BCUT2D eigenvalue weighted by Crippen LogP contribution is -2.34. The molecule has 1 N–H and O–H groups in total. The van der Waals surface area contributed by atoms with E-state index in [1.807, 2.05) is 6.92 Å². The van der Waals surface area contributed by atoms with Gasteiger partial charge in [0.1, 0.15) is 5.75 Å². The molecule has 158 valence electrons. The third kappa shape index (κ3) is 4.62. The van der Waals surface area contributed by atoms with E-state index < -0.39 is 24.3 Å². The topological polar surface area (TPSA) is 83.1 Å². The van der Waals surface area contributed by atoms with E-state index in [0.29, 0.717) is 28.0 Å². The molecule has 0 saturated heterocycles. The van der Waals surface area contributed by atoms with Crippen LogP contribution >= 0.6 is 11.6 Å². The maximum absolute atomic E-state index is 12.1. The van der Waals surface area contributed by atoms with E-state index in [-0.39, 0.29) is 6.61 Å². The molecule has 4 rings (SSSR count). The second-order valence-corrected chi connectivity index (χ2v) is 7.80. The van der Waals surface area contributed by atoms with Gasteiger partial charge in [-0.25, -0.2) is 4.79 Å². The molecular weight excluding hydrogens is 410 g/mol. The molecule has 2 aromatic carbocycles. The van der Waals surface area contributed by atoms with Gasteiger partial charge in [0.25, 0.3) is 11.7 Å². The number of nitrogens with one attached hydrogen (secondary N) is 1. The summed E-state index contributed by atoms with van der Waals surface area (Å²) in [6, 6.07) is 10.3.